The molecule has 0 aromatic heterocycles. The molecule has 1 heterocycles. The maximum atomic E-state index is 5.98. The number of benzene rings is 1. The maximum Gasteiger partial charge on any atom is 0.223 e. The molecule has 1 saturated carbocycles. The van der Waals surface area contributed by atoms with E-state index in [4.69, 9.17) is 4.84 Å². The fourth-order valence-corrected chi connectivity index (χ4v) is 3.22. The van der Waals surface area contributed by atoms with Gasteiger partial charge in [-0.15, -0.1) is 0 Å². The molecule has 3 rings (SSSR count). The molecule has 0 unspecified atom stereocenters. The fourth-order valence-electron chi connectivity index (χ4n) is 1.90. The molecule has 1 N–H and O–H groups in total. The van der Waals surface area contributed by atoms with Crippen molar-refractivity contribution >= 4 is 43.5 Å². The van der Waals surface area contributed by atoms with Gasteiger partial charge in [0.05, 0.1) is 13.2 Å². The largest absolute Gasteiger partial charge is 0.352 e. The molecule has 0 saturated heterocycles. The minimum Gasteiger partial charge on any atom is -0.352 e. The first kappa shape index (κ1) is 13.4. The number of halogens is 2. The summed E-state index contributed by atoms with van der Waals surface area (Å²) in [5, 5.41) is 5.07. The van der Waals surface area contributed by atoms with Crippen LogP contribution in [-0.2, 0) is 4.84 Å². The predicted octanol–water partition coefficient (Wildman–Crippen LogP) is 3.32. The number of rotatable bonds is 4. The third-order valence-corrected chi connectivity index (χ3v) is 4.41. The van der Waals surface area contributed by atoms with Gasteiger partial charge in [0.1, 0.15) is 5.69 Å². The highest BCUT2D eigenvalue weighted by molar-refractivity contribution is 9.11. The molecule has 4 nitrogen and oxygen atoms in total. The standard InChI is InChI=1S/C13H15Br2N3O/c14-10-2-1-3-11(15)12(10)18(13-16-6-7-17-13)19-8-9-4-5-9/h1-3,9H,4-8H2,(H,16,17). The summed E-state index contributed by atoms with van der Waals surface area (Å²) in [6.45, 7) is 2.40. The van der Waals surface area contributed by atoms with Crippen LogP contribution in [0.15, 0.2) is 32.1 Å². The number of hydrogen-bond donors (Lipinski definition) is 1. The zero-order chi connectivity index (χ0) is 13.2. The Kier molecular flexibility index (Phi) is 4.10. The highest BCUT2D eigenvalue weighted by Gasteiger charge is 2.27. The molecule has 1 aromatic carbocycles. The third-order valence-electron chi connectivity index (χ3n) is 3.13. The van der Waals surface area contributed by atoms with Crippen LogP contribution in [-0.4, -0.2) is 25.7 Å². The first-order valence-corrected chi connectivity index (χ1v) is 7.99. The number of anilines is 1. The first-order chi connectivity index (χ1) is 9.25. The lowest BCUT2D eigenvalue weighted by molar-refractivity contribution is 0.130. The number of guanidine groups is 1. The van der Waals surface area contributed by atoms with Crippen LogP contribution in [0.3, 0.4) is 0 Å². The molecule has 1 aromatic rings. The van der Waals surface area contributed by atoms with Crippen LogP contribution in [0.2, 0.25) is 0 Å². The number of nitrogens with one attached hydrogen (secondary N) is 1. The summed E-state index contributed by atoms with van der Waals surface area (Å²) in [6, 6.07) is 5.99. The van der Waals surface area contributed by atoms with Gasteiger partial charge in [-0.3, -0.25) is 4.84 Å². The smallest absolute Gasteiger partial charge is 0.223 e. The predicted molar refractivity (Wildman–Crippen MR) is 83.3 cm³/mol. The summed E-state index contributed by atoms with van der Waals surface area (Å²) >= 11 is 7.17. The zero-order valence-corrected chi connectivity index (χ0v) is 13.6. The lowest BCUT2D eigenvalue weighted by Gasteiger charge is -2.25. The van der Waals surface area contributed by atoms with Crippen molar-refractivity contribution in [2.24, 2.45) is 10.9 Å². The van der Waals surface area contributed by atoms with Crippen molar-refractivity contribution < 1.29 is 4.84 Å². The van der Waals surface area contributed by atoms with E-state index < -0.39 is 0 Å². The highest BCUT2D eigenvalue weighted by Crippen LogP contribution is 2.36. The minimum absolute atomic E-state index is 0.700. The number of para-hydroxylation sites is 1. The van der Waals surface area contributed by atoms with E-state index in [0.29, 0.717) is 5.92 Å². The Bertz CT molecular complexity index is 482. The topological polar surface area (TPSA) is 36.9 Å². The molecular formula is C13H15Br2N3O. The van der Waals surface area contributed by atoms with Crippen molar-refractivity contribution in [2.45, 2.75) is 12.8 Å². The minimum atomic E-state index is 0.700. The summed E-state index contributed by atoms with van der Waals surface area (Å²) in [7, 11) is 0. The Morgan fingerprint density at radius 2 is 2.05 bits per heavy atom. The number of nitrogens with zero attached hydrogens (tertiary/aromatic N) is 2. The van der Waals surface area contributed by atoms with E-state index in [0.717, 1.165) is 40.3 Å². The molecule has 102 valence electrons. The van der Waals surface area contributed by atoms with Gasteiger partial charge in [0.15, 0.2) is 0 Å². The Morgan fingerprint density at radius 3 is 2.63 bits per heavy atom. The Labute approximate surface area is 129 Å². The van der Waals surface area contributed by atoms with E-state index in [-0.39, 0.29) is 0 Å². The normalized spacial score (nSPS) is 18.1. The van der Waals surface area contributed by atoms with Crippen molar-refractivity contribution in [3.63, 3.8) is 0 Å². The molecule has 1 fully saturated rings. The molecule has 0 atom stereocenters. The molecule has 0 spiro atoms. The van der Waals surface area contributed by atoms with E-state index in [2.05, 4.69) is 42.2 Å². The van der Waals surface area contributed by atoms with Crippen molar-refractivity contribution in [3.8, 4) is 0 Å². The number of aliphatic imine (C=N–C) groups is 1. The second-order valence-electron chi connectivity index (χ2n) is 4.74. The zero-order valence-electron chi connectivity index (χ0n) is 10.4. The second-order valence-corrected chi connectivity index (χ2v) is 6.44. The van der Waals surface area contributed by atoms with Crippen LogP contribution >= 0.6 is 31.9 Å². The molecule has 1 aliphatic heterocycles. The summed E-state index contributed by atoms with van der Waals surface area (Å²) in [5.74, 6) is 1.49. The van der Waals surface area contributed by atoms with Crippen LogP contribution in [0.25, 0.3) is 0 Å². The fraction of sp³-hybridized carbons (Fsp3) is 0.462. The van der Waals surface area contributed by atoms with E-state index in [1.807, 2.05) is 18.2 Å². The maximum absolute atomic E-state index is 5.98. The number of hydroxylamine groups is 1. The Morgan fingerprint density at radius 1 is 1.32 bits per heavy atom. The van der Waals surface area contributed by atoms with Gasteiger partial charge in [-0.1, -0.05) is 6.07 Å². The highest BCUT2D eigenvalue weighted by atomic mass is 79.9. The van der Waals surface area contributed by atoms with Gasteiger partial charge in [-0.25, -0.2) is 4.99 Å². The molecule has 0 amide bonds. The van der Waals surface area contributed by atoms with Crippen LogP contribution in [0.4, 0.5) is 5.69 Å². The van der Waals surface area contributed by atoms with Crippen LogP contribution in [0.5, 0.6) is 0 Å². The summed E-state index contributed by atoms with van der Waals surface area (Å²) in [6.07, 6.45) is 2.54. The molecule has 6 heteroatoms. The van der Waals surface area contributed by atoms with Crippen molar-refractivity contribution in [1.29, 1.82) is 0 Å². The lowest BCUT2D eigenvalue weighted by Crippen LogP contribution is -2.39. The van der Waals surface area contributed by atoms with Gasteiger partial charge in [0, 0.05) is 15.5 Å². The summed E-state index contributed by atoms with van der Waals surface area (Å²) in [5.41, 5.74) is 0.955. The van der Waals surface area contributed by atoms with E-state index >= 15 is 0 Å². The molecule has 19 heavy (non-hydrogen) atoms. The average Bonchev–Trinajstić information content (AvgIpc) is 3.05. The number of hydrogen-bond acceptors (Lipinski definition) is 4. The van der Waals surface area contributed by atoms with Crippen LogP contribution < -0.4 is 10.4 Å². The van der Waals surface area contributed by atoms with Crippen molar-refractivity contribution in [2.75, 3.05) is 24.8 Å². The van der Waals surface area contributed by atoms with Gasteiger partial charge >= 0.3 is 0 Å². The van der Waals surface area contributed by atoms with Crippen molar-refractivity contribution in [3.05, 3.63) is 27.1 Å². The Balaban J connectivity index is 1.87. The van der Waals surface area contributed by atoms with Gasteiger partial charge < -0.3 is 5.32 Å². The summed E-state index contributed by atoms with van der Waals surface area (Å²) < 4.78 is 1.96. The van der Waals surface area contributed by atoms with Gasteiger partial charge in [0.2, 0.25) is 5.96 Å². The quantitative estimate of drug-likeness (QED) is 0.804. The molecule has 2 aliphatic rings. The van der Waals surface area contributed by atoms with Gasteiger partial charge in [0.25, 0.3) is 0 Å². The van der Waals surface area contributed by atoms with Gasteiger partial charge in [-0.2, -0.15) is 5.06 Å². The lowest BCUT2D eigenvalue weighted by atomic mass is 10.3. The van der Waals surface area contributed by atoms with Crippen molar-refractivity contribution in [1.82, 2.24) is 5.32 Å². The molecular weight excluding hydrogens is 374 g/mol. The van der Waals surface area contributed by atoms with Crippen LogP contribution in [0, 0.1) is 5.92 Å². The van der Waals surface area contributed by atoms with E-state index in [1.54, 1.807) is 5.06 Å². The summed E-state index contributed by atoms with van der Waals surface area (Å²) in [4.78, 5) is 10.4. The van der Waals surface area contributed by atoms with E-state index in [1.165, 1.54) is 12.8 Å². The first-order valence-electron chi connectivity index (χ1n) is 6.41. The molecule has 0 radical (unpaired) electrons. The van der Waals surface area contributed by atoms with Gasteiger partial charge in [-0.05, 0) is 62.8 Å². The Hall–Kier alpha value is -0.590. The molecule has 1 aliphatic carbocycles. The van der Waals surface area contributed by atoms with E-state index in [9.17, 15) is 0 Å². The second kappa shape index (κ2) is 5.81. The SMILES string of the molecule is Brc1cccc(Br)c1N(OCC1CC1)C1=NCCN1. The third kappa shape index (κ3) is 3.12. The monoisotopic (exact) mass is 387 g/mol. The average molecular weight is 389 g/mol. The molecule has 0 bridgehead atoms. The van der Waals surface area contributed by atoms with Crippen LogP contribution in [0.1, 0.15) is 12.8 Å².